The maximum Gasteiger partial charge on any atom is 0.161 e. The highest BCUT2D eigenvalue weighted by Crippen LogP contribution is 2.32. The molecule has 2 aliphatic heterocycles. The minimum Gasteiger partial charge on any atom is -0.351 e. The lowest BCUT2D eigenvalue weighted by Crippen LogP contribution is -2.54. The quantitative estimate of drug-likeness (QED) is 0.744. The van der Waals surface area contributed by atoms with Crippen LogP contribution in [0.5, 0.6) is 0 Å². The van der Waals surface area contributed by atoms with Crippen LogP contribution in [-0.2, 0) is 18.9 Å². The smallest absolute Gasteiger partial charge is 0.161 e. The number of hydrogen-bond acceptors (Lipinski definition) is 6. The zero-order valence-electron chi connectivity index (χ0n) is 11.8. The molecule has 2 rings (SSSR count). The van der Waals surface area contributed by atoms with Crippen molar-refractivity contribution in [1.29, 1.82) is 0 Å². The van der Waals surface area contributed by atoms with Crippen LogP contribution in [0.4, 0.5) is 0 Å². The molecule has 2 fully saturated rings. The predicted molar refractivity (Wildman–Crippen MR) is 70.3 cm³/mol. The van der Waals surface area contributed by atoms with Crippen LogP contribution in [0, 0.1) is 17.3 Å². The lowest BCUT2D eigenvalue weighted by molar-refractivity contribution is -0.316. The van der Waals surface area contributed by atoms with Crippen LogP contribution in [0.25, 0.3) is 0 Å². The summed E-state index contributed by atoms with van der Waals surface area (Å²) < 4.78 is 23.0. The van der Waals surface area contributed by atoms with Crippen molar-refractivity contribution in [2.24, 2.45) is 28.7 Å². The molecule has 2 aliphatic rings. The van der Waals surface area contributed by atoms with Gasteiger partial charge in [-0.25, -0.2) is 0 Å². The standard InChI is InChI=1S/C13H26N2O4/c1-9(3-14)11-16-5-13(6-17-11)7-18-12(19-8-13)10(2)4-15/h9-12H,3-8,14-15H2,1-2H3. The van der Waals surface area contributed by atoms with Gasteiger partial charge in [-0.15, -0.1) is 0 Å². The van der Waals surface area contributed by atoms with E-state index in [1.165, 1.54) is 0 Å². The van der Waals surface area contributed by atoms with Gasteiger partial charge in [0, 0.05) is 11.8 Å². The molecule has 0 saturated carbocycles. The molecular weight excluding hydrogens is 248 g/mol. The van der Waals surface area contributed by atoms with E-state index < -0.39 is 0 Å². The van der Waals surface area contributed by atoms with E-state index in [0.717, 1.165) is 0 Å². The van der Waals surface area contributed by atoms with Gasteiger partial charge in [0.2, 0.25) is 0 Å². The number of rotatable bonds is 4. The molecule has 0 aromatic heterocycles. The maximum atomic E-state index is 5.76. The van der Waals surface area contributed by atoms with Gasteiger partial charge in [-0.3, -0.25) is 0 Å². The van der Waals surface area contributed by atoms with Crippen LogP contribution < -0.4 is 11.5 Å². The van der Waals surface area contributed by atoms with Gasteiger partial charge in [0.1, 0.15) is 0 Å². The topological polar surface area (TPSA) is 89.0 Å². The third-order valence-electron chi connectivity index (χ3n) is 3.89. The molecule has 0 aromatic rings. The molecule has 112 valence electrons. The maximum absolute atomic E-state index is 5.76. The van der Waals surface area contributed by atoms with Crippen LogP contribution >= 0.6 is 0 Å². The van der Waals surface area contributed by atoms with Crippen LogP contribution in [0.2, 0.25) is 0 Å². The summed E-state index contributed by atoms with van der Waals surface area (Å²) in [5.41, 5.74) is 11.1. The van der Waals surface area contributed by atoms with E-state index in [0.29, 0.717) is 39.5 Å². The van der Waals surface area contributed by atoms with Crippen molar-refractivity contribution in [3.63, 3.8) is 0 Å². The highest BCUT2D eigenvalue weighted by Gasteiger charge is 2.43. The zero-order valence-corrected chi connectivity index (χ0v) is 11.8. The summed E-state index contributed by atoms with van der Waals surface area (Å²) in [5.74, 6) is 0.403. The van der Waals surface area contributed by atoms with Crippen molar-refractivity contribution in [2.75, 3.05) is 39.5 Å². The SMILES string of the molecule is CC(CN)C1OCC2(CO1)COC(C(C)CN)OC2. The first-order valence-corrected chi connectivity index (χ1v) is 6.97. The number of nitrogens with two attached hydrogens (primary N) is 2. The van der Waals surface area contributed by atoms with E-state index in [9.17, 15) is 0 Å². The molecule has 2 atom stereocenters. The summed E-state index contributed by atoms with van der Waals surface area (Å²) in [5, 5.41) is 0. The Morgan fingerprint density at radius 1 is 0.842 bits per heavy atom. The molecule has 2 unspecified atom stereocenters. The van der Waals surface area contributed by atoms with Gasteiger partial charge in [-0.2, -0.15) is 0 Å². The molecule has 1 spiro atoms. The summed E-state index contributed by atoms with van der Waals surface area (Å²) in [6.45, 7) is 7.52. The lowest BCUT2D eigenvalue weighted by atomic mass is 9.90. The third kappa shape index (κ3) is 3.45. The molecule has 6 nitrogen and oxygen atoms in total. The first kappa shape index (κ1) is 15.2. The minimum absolute atomic E-state index is 0.185. The molecule has 19 heavy (non-hydrogen) atoms. The summed E-state index contributed by atoms with van der Waals surface area (Å²) in [6, 6.07) is 0. The molecule has 0 radical (unpaired) electrons. The summed E-state index contributed by atoms with van der Waals surface area (Å²) >= 11 is 0. The van der Waals surface area contributed by atoms with E-state index >= 15 is 0 Å². The second-order valence-electron chi connectivity index (χ2n) is 5.91. The lowest BCUT2D eigenvalue weighted by Gasteiger charge is -2.45. The van der Waals surface area contributed by atoms with Gasteiger partial charge >= 0.3 is 0 Å². The molecule has 2 saturated heterocycles. The Balaban J connectivity index is 1.81. The monoisotopic (exact) mass is 274 g/mol. The summed E-state index contributed by atoms with van der Waals surface area (Å²) in [6.07, 6.45) is -0.423. The summed E-state index contributed by atoms with van der Waals surface area (Å²) in [4.78, 5) is 0. The fourth-order valence-electron chi connectivity index (χ4n) is 2.26. The average molecular weight is 274 g/mol. The first-order valence-electron chi connectivity index (χ1n) is 6.97. The van der Waals surface area contributed by atoms with Crippen molar-refractivity contribution in [1.82, 2.24) is 0 Å². The fourth-order valence-corrected chi connectivity index (χ4v) is 2.26. The van der Waals surface area contributed by atoms with Crippen LogP contribution in [0.1, 0.15) is 13.8 Å². The Kier molecular flexibility index (Phi) is 5.16. The first-order chi connectivity index (χ1) is 9.10. The van der Waals surface area contributed by atoms with E-state index in [-0.39, 0.29) is 29.8 Å². The normalized spacial score (nSPS) is 39.2. The van der Waals surface area contributed by atoms with Gasteiger partial charge in [0.25, 0.3) is 0 Å². The van der Waals surface area contributed by atoms with Crippen LogP contribution in [-0.4, -0.2) is 52.1 Å². The Morgan fingerprint density at radius 2 is 1.16 bits per heavy atom. The highest BCUT2D eigenvalue weighted by molar-refractivity contribution is 4.85. The van der Waals surface area contributed by atoms with Crippen molar-refractivity contribution in [2.45, 2.75) is 26.4 Å². The van der Waals surface area contributed by atoms with E-state index in [1.54, 1.807) is 0 Å². The van der Waals surface area contributed by atoms with E-state index in [4.69, 9.17) is 30.4 Å². The molecule has 0 aromatic carbocycles. The number of hydrogen-bond donors (Lipinski definition) is 2. The zero-order chi connectivity index (χ0) is 13.9. The van der Waals surface area contributed by atoms with Gasteiger partial charge in [-0.1, -0.05) is 13.8 Å². The van der Waals surface area contributed by atoms with Crippen molar-refractivity contribution in [3.05, 3.63) is 0 Å². The molecule has 4 N–H and O–H groups in total. The third-order valence-corrected chi connectivity index (χ3v) is 3.89. The second kappa shape index (κ2) is 6.47. The Hall–Kier alpha value is -0.240. The van der Waals surface area contributed by atoms with Crippen LogP contribution in [0.3, 0.4) is 0 Å². The second-order valence-corrected chi connectivity index (χ2v) is 5.91. The van der Waals surface area contributed by atoms with Gasteiger partial charge in [0.15, 0.2) is 12.6 Å². The predicted octanol–water partition coefficient (Wildman–Crippen LogP) is -0.0918. The van der Waals surface area contributed by atoms with Crippen LogP contribution in [0.15, 0.2) is 0 Å². The van der Waals surface area contributed by atoms with E-state index in [1.807, 2.05) is 13.8 Å². The average Bonchev–Trinajstić information content (AvgIpc) is 2.47. The fraction of sp³-hybridized carbons (Fsp3) is 1.00. The van der Waals surface area contributed by atoms with Crippen molar-refractivity contribution < 1.29 is 18.9 Å². The largest absolute Gasteiger partial charge is 0.351 e. The Labute approximate surface area is 114 Å². The van der Waals surface area contributed by atoms with Crippen molar-refractivity contribution >= 4 is 0 Å². The van der Waals surface area contributed by atoms with Gasteiger partial charge in [-0.05, 0) is 13.1 Å². The molecule has 2 heterocycles. The van der Waals surface area contributed by atoms with Gasteiger partial charge in [0.05, 0.1) is 31.8 Å². The van der Waals surface area contributed by atoms with Gasteiger partial charge < -0.3 is 30.4 Å². The number of ether oxygens (including phenoxy) is 4. The Bertz CT molecular complexity index is 242. The molecular formula is C13H26N2O4. The van der Waals surface area contributed by atoms with Crippen molar-refractivity contribution in [3.8, 4) is 0 Å². The highest BCUT2D eigenvalue weighted by atomic mass is 16.7. The Morgan fingerprint density at radius 3 is 1.42 bits per heavy atom. The van der Waals surface area contributed by atoms with E-state index in [2.05, 4.69) is 0 Å². The molecule has 0 bridgehead atoms. The summed E-state index contributed by atoms with van der Waals surface area (Å²) in [7, 11) is 0. The molecule has 6 heteroatoms. The molecule has 0 amide bonds. The minimum atomic E-state index is -0.212. The molecule has 0 aliphatic carbocycles.